The third-order valence-corrected chi connectivity index (χ3v) is 4.12. The number of likely N-dealkylation sites (N-methyl/N-ethyl adjacent to an activating group) is 1. The maximum absolute atomic E-state index is 6.37. The zero-order chi connectivity index (χ0) is 13.1. The minimum atomic E-state index is 0.00571. The van der Waals surface area contributed by atoms with E-state index >= 15 is 0 Å². The summed E-state index contributed by atoms with van der Waals surface area (Å²) in [6, 6.07) is 0.541. The van der Waals surface area contributed by atoms with Gasteiger partial charge in [-0.05, 0) is 51.5 Å². The van der Waals surface area contributed by atoms with Crippen LogP contribution in [0.1, 0.15) is 67.2 Å². The summed E-state index contributed by atoms with van der Waals surface area (Å²) in [7, 11) is 0. The summed E-state index contributed by atoms with van der Waals surface area (Å²) in [5, 5.41) is 3.59. The summed E-state index contributed by atoms with van der Waals surface area (Å²) in [4.78, 5) is 0. The Morgan fingerprint density at radius 3 is 2.47 bits per heavy atom. The van der Waals surface area contributed by atoms with E-state index in [2.05, 4.69) is 46.9 Å². The normalized spacial score (nSPS) is 29.3. The first-order valence-electron chi connectivity index (χ1n) is 7.21. The molecule has 1 aliphatic carbocycles. The Labute approximate surface area is 108 Å². The van der Waals surface area contributed by atoms with E-state index in [1.54, 1.807) is 0 Å². The second kappa shape index (κ2) is 5.71. The molecule has 2 nitrogen and oxygen atoms in total. The first-order chi connectivity index (χ1) is 7.79. The van der Waals surface area contributed by atoms with Crippen LogP contribution in [0.4, 0.5) is 0 Å². The molecular weight excluding hydrogens is 210 g/mol. The Bertz CT molecular complexity index is 235. The molecule has 2 atom stereocenters. The van der Waals surface area contributed by atoms with E-state index in [0.717, 1.165) is 13.0 Å². The molecule has 1 saturated carbocycles. The summed E-state index contributed by atoms with van der Waals surface area (Å²) in [6.07, 6.45) is 5.16. The van der Waals surface area contributed by atoms with Crippen LogP contribution in [0.3, 0.4) is 0 Å². The van der Waals surface area contributed by atoms with Crippen molar-refractivity contribution in [2.24, 2.45) is 5.41 Å². The lowest BCUT2D eigenvalue weighted by Gasteiger charge is -2.44. The van der Waals surface area contributed by atoms with E-state index in [-0.39, 0.29) is 5.60 Å². The Morgan fingerprint density at radius 2 is 1.94 bits per heavy atom. The molecule has 0 radical (unpaired) electrons. The second-order valence-corrected chi connectivity index (χ2v) is 6.84. The van der Waals surface area contributed by atoms with Crippen LogP contribution in [0.15, 0.2) is 0 Å². The maximum atomic E-state index is 6.37. The van der Waals surface area contributed by atoms with Crippen molar-refractivity contribution in [2.45, 2.75) is 85.0 Å². The number of hydrogen-bond acceptors (Lipinski definition) is 2. The number of nitrogens with one attached hydrogen (secondary N) is 1. The van der Waals surface area contributed by atoms with Crippen LogP contribution in [0.2, 0.25) is 0 Å². The second-order valence-electron chi connectivity index (χ2n) is 6.84. The average molecular weight is 241 g/mol. The number of ether oxygens (including phenoxy) is 1. The van der Waals surface area contributed by atoms with Crippen LogP contribution < -0.4 is 5.32 Å². The Kier molecular flexibility index (Phi) is 5.03. The highest BCUT2D eigenvalue weighted by atomic mass is 16.5. The monoisotopic (exact) mass is 241 g/mol. The Hall–Kier alpha value is -0.0800. The van der Waals surface area contributed by atoms with Gasteiger partial charge in [-0.2, -0.15) is 0 Å². The van der Waals surface area contributed by atoms with Crippen LogP contribution in [0.5, 0.6) is 0 Å². The van der Waals surface area contributed by atoms with Gasteiger partial charge in [0.1, 0.15) is 0 Å². The summed E-state index contributed by atoms with van der Waals surface area (Å²) in [5.74, 6) is 0. The van der Waals surface area contributed by atoms with E-state index in [9.17, 15) is 0 Å². The molecule has 0 bridgehead atoms. The molecule has 0 spiro atoms. The highest BCUT2D eigenvalue weighted by Gasteiger charge is 2.37. The highest BCUT2D eigenvalue weighted by Crippen LogP contribution is 2.38. The molecule has 0 aromatic rings. The van der Waals surface area contributed by atoms with Crippen molar-refractivity contribution < 1.29 is 4.74 Å². The van der Waals surface area contributed by atoms with Crippen molar-refractivity contribution >= 4 is 0 Å². The molecule has 0 aliphatic heterocycles. The highest BCUT2D eigenvalue weighted by molar-refractivity contribution is 4.91. The molecule has 2 heteroatoms. The van der Waals surface area contributed by atoms with Gasteiger partial charge in [0.2, 0.25) is 0 Å². The van der Waals surface area contributed by atoms with Crippen LogP contribution in [0, 0.1) is 5.41 Å². The molecule has 1 N–H and O–H groups in total. The molecule has 0 aromatic heterocycles. The third kappa shape index (κ3) is 4.59. The fraction of sp³-hybridized carbons (Fsp3) is 1.00. The molecule has 0 saturated heterocycles. The largest absolute Gasteiger partial charge is 0.371 e. The van der Waals surface area contributed by atoms with Gasteiger partial charge in [0.25, 0.3) is 0 Å². The van der Waals surface area contributed by atoms with Gasteiger partial charge in [-0.3, -0.25) is 0 Å². The minimum Gasteiger partial charge on any atom is -0.371 e. The van der Waals surface area contributed by atoms with Crippen LogP contribution >= 0.6 is 0 Å². The predicted octanol–water partition coefficient (Wildman–Crippen LogP) is 3.75. The number of hydrogen-bond donors (Lipinski definition) is 1. The van der Waals surface area contributed by atoms with Gasteiger partial charge >= 0.3 is 0 Å². The molecule has 0 amide bonds. The first kappa shape index (κ1) is 15.0. The van der Waals surface area contributed by atoms with Crippen LogP contribution in [-0.4, -0.2) is 24.3 Å². The van der Waals surface area contributed by atoms with Gasteiger partial charge < -0.3 is 10.1 Å². The van der Waals surface area contributed by atoms with E-state index in [1.165, 1.54) is 19.3 Å². The zero-order valence-electron chi connectivity index (χ0n) is 12.6. The molecule has 1 rings (SSSR count). The topological polar surface area (TPSA) is 21.3 Å². The standard InChI is InChI=1S/C15H31NO/c1-7-15(5,6)17-13-11-14(3,4)10-9-12(13)16-8-2/h12-13,16H,7-11H2,1-6H3. The molecule has 2 unspecified atom stereocenters. The van der Waals surface area contributed by atoms with E-state index in [0.29, 0.717) is 17.6 Å². The van der Waals surface area contributed by atoms with Crippen molar-refractivity contribution in [3.8, 4) is 0 Å². The molecule has 1 aliphatic rings. The zero-order valence-corrected chi connectivity index (χ0v) is 12.6. The van der Waals surface area contributed by atoms with Gasteiger partial charge in [0, 0.05) is 6.04 Å². The molecular formula is C15H31NO. The third-order valence-electron chi connectivity index (χ3n) is 4.12. The predicted molar refractivity (Wildman–Crippen MR) is 74.3 cm³/mol. The molecule has 102 valence electrons. The van der Waals surface area contributed by atoms with E-state index in [1.807, 2.05) is 0 Å². The van der Waals surface area contributed by atoms with Gasteiger partial charge in [0.05, 0.1) is 11.7 Å². The Morgan fingerprint density at radius 1 is 1.29 bits per heavy atom. The smallest absolute Gasteiger partial charge is 0.0740 e. The van der Waals surface area contributed by atoms with Crippen molar-refractivity contribution in [1.82, 2.24) is 5.32 Å². The van der Waals surface area contributed by atoms with Gasteiger partial charge in [-0.25, -0.2) is 0 Å². The van der Waals surface area contributed by atoms with Crippen LogP contribution in [-0.2, 0) is 4.74 Å². The van der Waals surface area contributed by atoms with Gasteiger partial charge in [-0.1, -0.05) is 27.7 Å². The van der Waals surface area contributed by atoms with E-state index < -0.39 is 0 Å². The minimum absolute atomic E-state index is 0.00571. The Balaban J connectivity index is 2.67. The lowest BCUT2D eigenvalue weighted by molar-refractivity contribution is -0.115. The summed E-state index contributed by atoms with van der Waals surface area (Å²) < 4.78 is 6.37. The maximum Gasteiger partial charge on any atom is 0.0740 e. The fourth-order valence-electron chi connectivity index (χ4n) is 2.63. The quantitative estimate of drug-likeness (QED) is 0.791. The fourth-order valence-corrected chi connectivity index (χ4v) is 2.63. The lowest BCUT2D eigenvalue weighted by atomic mass is 9.73. The molecule has 0 aromatic carbocycles. The van der Waals surface area contributed by atoms with Gasteiger partial charge in [-0.15, -0.1) is 0 Å². The van der Waals surface area contributed by atoms with Gasteiger partial charge in [0.15, 0.2) is 0 Å². The molecule has 1 fully saturated rings. The summed E-state index contributed by atoms with van der Waals surface area (Å²) >= 11 is 0. The van der Waals surface area contributed by atoms with Crippen molar-refractivity contribution in [2.75, 3.05) is 6.54 Å². The SMILES string of the molecule is CCNC1CCC(C)(C)CC1OC(C)(C)CC. The summed E-state index contributed by atoms with van der Waals surface area (Å²) in [5.41, 5.74) is 0.437. The van der Waals surface area contributed by atoms with Crippen LogP contribution in [0.25, 0.3) is 0 Å². The van der Waals surface area contributed by atoms with E-state index in [4.69, 9.17) is 4.74 Å². The number of rotatable bonds is 5. The average Bonchev–Trinajstić information content (AvgIpc) is 2.21. The summed E-state index contributed by atoms with van der Waals surface area (Å²) in [6.45, 7) is 14.6. The molecule has 0 heterocycles. The first-order valence-corrected chi connectivity index (χ1v) is 7.21. The van der Waals surface area contributed by atoms with Crippen molar-refractivity contribution in [3.05, 3.63) is 0 Å². The molecule has 17 heavy (non-hydrogen) atoms. The lowest BCUT2D eigenvalue weighted by Crippen LogP contribution is -2.50. The van der Waals surface area contributed by atoms with Crippen molar-refractivity contribution in [3.63, 3.8) is 0 Å². The van der Waals surface area contributed by atoms with Crippen molar-refractivity contribution in [1.29, 1.82) is 0 Å².